The highest BCUT2D eigenvalue weighted by atomic mass is 79.9. The van der Waals surface area contributed by atoms with Crippen molar-refractivity contribution in [2.45, 2.75) is 52.6 Å². The highest BCUT2D eigenvalue weighted by Gasteiger charge is 2.38. The minimum atomic E-state index is 0.597. The summed E-state index contributed by atoms with van der Waals surface area (Å²) in [6, 6.07) is 5.98. The van der Waals surface area contributed by atoms with Crippen LogP contribution >= 0.6 is 15.9 Å². The maximum atomic E-state index is 3.80. The second kappa shape index (κ2) is 5.92. The zero-order chi connectivity index (χ0) is 15.1. The van der Waals surface area contributed by atoms with Gasteiger partial charge in [-0.25, -0.2) is 0 Å². The Balaban J connectivity index is 1.90. The van der Waals surface area contributed by atoms with Gasteiger partial charge in [-0.05, 0) is 61.8 Å². The van der Waals surface area contributed by atoms with Crippen LogP contribution < -0.4 is 10.2 Å². The molecule has 2 unspecified atom stereocenters. The van der Waals surface area contributed by atoms with Gasteiger partial charge in [-0.1, -0.05) is 29.8 Å². The van der Waals surface area contributed by atoms with E-state index in [1.54, 1.807) is 0 Å². The normalized spacial score (nSPS) is 26.5. The van der Waals surface area contributed by atoms with Crippen molar-refractivity contribution in [3.8, 4) is 0 Å². The van der Waals surface area contributed by atoms with E-state index in [-0.39, 0.29) is 0 Å². The first-order valence-electron chi connectivity index (χ1n) is 8.24. The molecule has 1 saturated carbocycles. The van der Waals surface area contributed by atoms with Gasteiger partial charge in [0.2, 0.25) is 0 Å². The highest BCUT2D eigenvalue weighted by Crippen LogP contribution is 2.37. The molecule has 0 aromatic heterocycles. The number of nitrogens with one attached hydrogen (secondary N) is 1. The molecular formula is C18H27BrN2. The Morgan fingerprint density at radius 2 is 1.81 bits per heavy atom. The maximum Gasteiger partial charge on any atom is 0.0438 e. The van der Waals surface area contributed by atoms with Crippen molar-refractivity contribution >= 4 is 21.6 Å². The van der Waals surface area contributed by atoms with Crippen LogP contribution in [0.2, 0.25) is 0 Å². The monoisotopic (exact) mass is 350 g/mol. The van der Waals surface area contributed by atoms with Crippen LogP contribution in [0.25, 0.3) is 0 Å². The Morgan fingerprint density at radius 1 is 1.19 bits per heavy atom. The first-order chi connectivity index (χ1) is 9.97. The number of piperazine rings is 1. The van der Waals surface area contributed by atoms with E-state index in [1.807, 2.05) is 0 Å². The fraction of sp³-hybridized carbons (Fsp3) is 0.667. The van der Waals surface area contributed by atoms with Gasteiger partial charge >= 0.3 is 0 Å². The van der Waals surface area contributed by atoms with Crippen LogP contribution in [-0.2, 0) is 0 Å². The molecule has 1 N–H and O–H groups in total. The summed E-state index contributed by atoms with van der Waals surface area (Å²) in [5, 5.41) is 3.80. The molecule has 2 nitrogen and oxygen atoms in total. The Kier molecular flexibility index (Phi) is 4.33. The van der Waals surface area contributed by atoms with Crippen LogP contribution in [0.1, 0.15) is 37.8 Å². The van der Waals surface area contributed by atoms with Gasteiger partial charge < -0.3 is 10.2 Å². The van der Waals surface area contributed by atoms with Crippen LogP contribution in [0.5, 0.6) is 0 Å². The van der Waals surface area contributed by atoms with Crippen LogP contribution in [-0.4, -0.2) is 25.2 Å². The van der Waals surface area contributed by atoms with Crippen molar-refractivity contribution < 1.29 is 0 Å². The predicted octanol–water partition coefficient (Wildman–Crippen LogP) is 4.28. The number of anilines is 1. The van der Waals surface area contributed by atoms with E-state index in [4.69, 9.17) is 0 Å². The molecule has 3 rings (SSSR count). The predicted molar refractivity (Wildman–Crippen MR) is 94.1 cm³/mol. The third kappa shape index (κ3) is 3.14. The van der Waals surface area contributed by atoms with Crippen molar-refractivity contribution in [2.75, 3.05) is 18.0 Å². The Morgan fingerprint density at radius 3 is 2.33 bits per heavy atom. The Labute approximate surface area is 137 Å². The molecular weight excluding hydrogens is 324 g/mol. The summed E-state index contributed by atoms with van der Waals surface area (Å²) in [4.78, 5) is 2.66. The third-order valence-electron chi connectivity index (χ3n) is 5.10. The van der Waals surface area contributed by atoms with Crippen molar-refractivity contribution in [1.82, 2.24) is 5.32 Å². The van der Waals surface area contributed by atoms with E-state index in [0.29, 0.717) is 18.0 Å². The van der Waals surface area contributed by atoms with Crippen LogP contribution in [0.3, 0.4) is 0 Å². The molecule has 1 heterocycles. The molecule has 0 bridgehead atoms. The second-order valence-electron chi connectivity index (χ2n) is 7.21. The quantitative estimate of drug-likeness (QED) is 0.875. The lowest BCUT2D eigenvalue weighted by atomic mass is 9.95. The second-order valence-corrected chi connectivity index (χ2v) is 8.00. The molecule has 1 aliphatic heterocycles. The van der Waals surface area contributed by atoms with Crippen molar-refractivity contribution in [3.05, 3.63) is 27.7 Å². The van der Waals surface area contributed by atoms with Gasteiger partial charge in [-0.2, -0.15) is 0 Å². The summed E-state index contributed by atoms with van der Waals surface area (Å²) in [5.74, 6) is 1.58. The maximum absolute atomic E-state index is 3.80. The molecule has 1 aromatic rings. The van der Waals surface area contributed by atoms with Crippen LogP contribution in [0.4, 0.5) is 5.69 Å². The minimum absolute atomic E-state index is 0.597. The molecule has 1 saturated heterocycles. The van der Waals surface area contributed by atoms with Gasteiger partial charge in [0.05, 0.1) is 0 Å². The lowest BCUT2D eigenvalue weighted by molar-refractivity contribution is 0.320. The topological polar surface area (TPSA) is 15.3 Å². The van der Waals surface area contributed by atoms with Gasteiger partial charge in [0.15, 0.2) is 0 Å². The lowest BCUT2D eigenvalue weighted by Crippen LogP contribution is -2.59. The van der Waals surface area contributed by atoms with E-state index < -0.39 is 0 Å². The number of hydrogen-bond donors (Lipinski definition) is 1. The van der Waals surface area contributed by atoms with E-state index in [1.165, 1.54) is 34.1 Å². The summed E-state index contributed by atoms with van der Waals surface area (Å²) in [6.07, 6.45) is 2.83. The number of hydrogen-bond acceptors (Lipinski definition) is 2. The molecule has 2 atom stereocenters. The molecule has 3 heteroatoms. The summed E-state index contributed by atoms with van der Waals surface area (Å²) in [5.41, 5.74) is 4.09. The molecule has 1 aromatic carbocycles. The third-order valence-corrected chi connectivity index (χ3v) is 6.35. The van der Waals surface area contributed by atoms with Crippen molar-refractivity contribution in [3.63, 3.8) is 0 Å². The summed E-state index contributed by atoms with van der Waals surface area (Å²) in [7, 11) is 0. The number of nitrogens with zero attached hydrogens (tertiary/aromatic N) is 1. The van der Waals surface area contributed by atoms with Crippen LogP contribution in [0, 0.1) is 25.7 Å². The Bertz CT molecular complexity index is 499. The summed E-state index contributed by atoms with van der Waals surface area (Å²) >= 11 is 3.70. The lowest BCUT2D eigenvalue weighted by Gasteiger charge is -2.44. The molecule has 1 aliphatic carbocycles. The fourth-order valence-electron chi connectivity index (χ4n) is 3.59. The standard InChI is InChI=1S/C18H27BrN2/c1-11(2)17-9-20-16(14-5-6-14)10-21(17)15-7-12(3)18(19)13(4)8-15/h7-8,11,14,16-17,20H,5-6,9-10H2,1-4H3. The SMILES string of the molecule is Cc1cc(N2CC(C3CC3)NCC2C(C)C)cc(C)c1Br. The average molecular weight is 351 g/mol. The van der Waals surface area contributed by atoms with Gasteiger partial charge in [-0.3, -0.25) is 0 Å². The van der Waals surface area contributed by atoms with Crippen LogP contribution in [0.15, 0.2) is 16.6 Å². The van der Waals surface area contributed by atoms with E-state index in [0.717, 1.165) is 19.0 Å². The van der Waals surface area contributed by atoms with E-state index >= 15 is 0 Å². The molecule has 116 valence electrons. The molecule has 2 aliphatic rings. The molecule has 2 fully saturated rings. The van der Waals surface area contributed by atoms with Crippen molar-refractivity contribution in [1.29, 1.82) is 0 Å². The molecule has 0 amide bonds. The highest BCUT2D eigenvalue weighted by molar-refractivity contribution is 9.10. The number of aryl methyl sites for hydroxylation is 2. The molecule has 0 spiro atoms. The summed E-state index contributed by atoms with van der Waals surface area (Å²) in [6.45, 7) is 11.4. The fourth-order valence-corrected chi connectivity index (χ4v) is 3.82. The minimum Gasteiger partial charge on any atom is -0.365 e. The van der Waals surface area contributed by atoms with Gasteiger partial charge in [0.25, 0.3) is 0 Å². The first-order valence-corrected chi connectivity index (χ1v) is 9.03. The van der Waals surface area contributed by atoms with Gasteiger partial charge in [0, 0.05) is 35.3 Å². The average Bonchev–Trinajstić information content (AvgIpc) is 3.28. The van der Waals surface area contributed by atoms with E-state index in [9.17, 15) is 0 Å². The number of benzene rings is 1. The molecule has 21 heavy (non-hydrogen) atoms. The van der Waals surface area contributed by atoms with Gasteiger partial charge in [0.1, 0.15) is 0 Å². The smallest absolute Gasteiger partial charge is 0.0438 e. The van der Waals surface area contributed by atoms with Crippen molar-refractivity contribution in [2.24, 2.45) is 11.8 Å². The Hall–Kier alpha value is -0.540. The first kappa shape index (κ1) is 15.4. The summed E-state index contributed by atoms with van der Waals surface area (Å²) < 4.78 is 1.25. The molecule has 0 radical (unpaired) electrons. The zero-order valence-electron chi connectivity index (χ0n) is 13.6. The number of halogens is 1. The van der Waals surface area contributed by atoms with E-state index in [2.05, 4.69) is 66.0 Å². The number of rotatable bonds is 3. The van der Waals surface area contributed by atoms with Gasteiger partial charge in [-0.15, -0.1) is 0 Å². The zero-order valence-corrected chi connectivity index (χ0v) is 15.2. The largest absolute Gasteiger partial charge is 0.365 e.